The number of fused-ring (bicyclic) bond motifs is 9. The third kappa shape index (κ3) is 4.06. The van der Waals surface area contributed by atoms with E-state index in [1.165, 1.54) is 81.6 Å². The standard InChI is InChI=1S/C36H26N4S4/c1-39-24(18-37)20-8-6-10-22(14-20)26-16-28-32(41-26)30-34(43-28)35-31(36(30)12-4-3-5-13-36)33-29(44-35)17-27(42-33)23-11-7-9-21(15-23)25(19-38)40-2/h14-17H,3-13H2/b24-20-,25-21+. The first-order valence-corrected chi connectivity index (χ1v) is 18.4. The first-order chi connectivity index (χ1) is 21.6. The van der Waals surface area contributed by atoms with Crippen molar-refractivity contribution in [3.05, 3.63) is 90.5 Å². The molecule has 8 heteroatoms. The zero-order valence-electron chi connectivity index (χ0n) is 24.0. The van der Waals surface area contributed by atoms with Gasteiger partial charge >= 0.3 is 0 Å². The molecule has 0 amide bonds. The maximum atomic E-state index is 9.46. The van der Waals surface area contributed by atoms with Crippen LogP contribution in [-0.4, -0.2) is 0 Å². The van der Waals surface area contributed by atoms with Gasteiger partial charge in [0, 0.05) is 35.7 Å². The minimum Gasteiger partial charge on any atom is -0.226 e. The first-order valence-electron chi connectivity index (χ1n) is 15.2. The number of hydrogen-bond donors (Lipinski definition) is 0. The molecule has 4 aliphatic carbocycles. The predicted molar refractivity (Wildman–Crippen MR) is 184 cm³/mol. The fraction of sp³-hybridized carbons (Fsp3) is 0.333. The summed E-state index contributed by atoms with van der Waals surface area (Å²) in [7, 11) is 0. The van der Waals surface area contributed by atoms with E-state index in [0.717, 1.165) is 49.7 Å². The molecule has 8 rings (SSSR count). The molecule has 0 aliphatic heterocycles. The van der Waals surface area contributed by atoms with Crippen molar-refractivity contribution in [3.8, 4) is 21.9 Å². The minimum absolute atomic E-state index is 0.0673. The molecule has 0 radical (unpaired) electrons. The van der Waals surface area contributed by atoms with Crippen LogP contribution in [-0.2, 0) is 5.41 Å². The predicted octanol–water partition coefficient (Wildman–Crippen LogP) is 12.0. The van der Waals surface area contributed by atoms with Gasteiger partial charge in [0.15, 0.2) is 0 Å². The van der Waals surface area contributed by atoms with Gasteiger partial charge in [-0.2, -0.15) is 0 Å². The topological polar surface area (TPSA) is 56.3 Å². The summed E-state index contributed by atoms with van der Waals surface area (Å²) in [4.78, 5) is 12.5. The number of hydrogen-bond acceptors (Lipinski definition) is 6. The summed E-state index contributed by atoms with van der Waals surface area (Å²) in [6.45, 7) is 14.8. The van der Waals surface area contributed by atoms with Gasteiger partial charge in [-0.3, -0.25) is 0 Å². The van der Waals surface area contributed by atoms with Crippen LogP contribution in [0.25, 0.3) is 49.4 Å². The third-order valence-electron chi connectivity index (χ3n) is 9.76. The molecule has 0 saturated heterocycles. The van der Waals surface area contributed by atoms with Gasteiger partial charge in [-0.25, -0.2) is 20.2 Å². The van der Waals surface area contributed by atoms with E-state index >= 15 is 0 Å². The second-order valence-electron chi connectivity index (χ2n) is 12.1. The Hall–Kier alpha value is -3.76. The van der Waals surface area contributed by atoms with Crippen molar-refractivity contribution in [3.63, 3.8) is 0 Å². The average Bonchev–Trinajstić information content (AvgIpc) is 3.84. The first kappa shape index (κ1) is 27.8. The monoisotopic (exact) mass is 642 g/mol. The van der Waals surface area contributed by atoms with Crippen molar-refractivity contribution in [2.24, 2.45) is 0 Å². The number of nitrogens with zero attached hydrogens (tertiary/aromatic N) is 4. The molecule has 0 unspecified atom stereocenters. The number of thiophene rings is 4. The smallest absolute Gasteiger partial charge is 0.226 e. The maximum absolute atomic E-state index is 9.46. The molecule has 44 heavy (non-hydrogen) atoms. The molecule has 4 aromatic heterocycles. The van der Waals surface area contributed by atoms with Gasteiger partial charge in [0.2, 0.25) is 0 Å². The summed E-state index contributed by atoms with van der Waals surface area (Å²) in [5.74, 6) is 0. The number of allylic oxidation sites excluding steroid dienone is 8. The third-order valence-corrected chi connectivity index (χ3v) is 14.9. The Morgan fingerprint density at radius 3 is 1.57 bits per heavy atom. The molecule has 4 nitrogen and oxygen atoms in total. The van der Waals surface area contributed by atoms with E-state index in [9.17, 15) is 10.5 Å². The Balaban J connectivity index is 1.26. The summed E-state index contributed by atoms with van der Waals surface area (Å²) < 4.78 is 5.66. The Morgan fingerprint density at radius 2 is 1.14 bits per heavy atom. The lowest BCUT2D eigenvalue weighted by atomic mass is 9.68. The SMILES string of the molecule is [C-]#[N+]/C(C#N)=C1\C=C(c2cc3sc4c(c3s2)C2(CCCCC2)c2c-4sc3cc(C4=C/C(=C(\C#N)[N+]#[C-])CCC4)sc23)CCC1. The molecule has 214 valence electrons. The van der Waals surface area contributed by atoms with Gasteiger partial charge in [0.1, 0.15) is 0 Å². The van der Waals surface area contributed by atoms with Crippen molar-refractivity contribution in [2.45, 2.75) is 76.0 Å². The van der Waals surface area contributed by atoms with Crippen molar-refractivity contribution in [1.29, 1.82) is 10.5 Å². The van der Waals surface area contributed by atoms with Crippen LogP contribution in [0.4, 0.5) is 0 Å². The number of rotatable bonds is 2. The van der Waals surface area contributed by atoms with E-state index in [1.807, 2.05) is 45.3 Å². The fourth-order valence-electron chi connectivity index (χ4n) is 7.81. The maximum Gasteiger partial charge on any atom is 0.265 e. The van der Waals surface area contributed by atoms with Crippen LogP contribution in [0.15, 0.2) is 46.8 Å². The molecule has 0 N–H and O–H groups in total. The van der Waals surface area contributed by atoms with Gasteiger partial charge in [-0.15, -0.1) is 45.3 Å². The molecule has 1 saturated carbocycles. The summed E-state index contributed by atoms with van der Waals surface area (Å²) in [6.07, 6.45) is 16.0. The van der Waals surface area contributed by atoms with Crippen LogP contribution >= 0.6 is 45.3 Å². The van der Waals surface area contributed by atoms with E-state index in [1.54, 1.807) is 11.1 Å². The van der Waals surface area contributed by atoms with Crippen molar-refractivity contribution < 1.29 is 0 Å². The van der Waals surface area contributed by atoms with Gasteiger partial charge < -0.3 is 0 Å². The molecule has 1 spiro atoms. The normalized spacial score (nSPS) is 21.1. The van der Waals surface area contributed by atoms with Crippen LogP contribution in [0.2, 0.25) is 0 Å². The minimum atomic E-state index is 0.0673. The molecular formula is C36H26N4S4. The molecule has 0 bridgehead atoms. The lowest BCUT2D eigenvalue weighted by Crippen LogP contribution is -2.27. The second kappa shape index (κ2) is 10.7. The lowest BCUT2D eigenvalue weighted by Gasteiger charge is -2.35. The Morgan fingerprint density at radius 1 is 0.659 bits per heavy atom. The van der Waals surface area contributed by atoms with Gasteiger partial charge in [-0.1, -0.05) is 31.4 Å². The van der Waals surface area contributed by atoms with E-state index in [0.29, 0.717) is 0 Å². The van der Waals surface area contributed by atoms with Crippen molar-refractivity contribution in [1.82, 2.24) is 0 Å². The molecular weight excluding hydrogens is 617 g/mol. The summed E-state index contributed by atoms with van der Waals surface area (Å²) in [6, 6.07) is 8.97. The highest BCUT2D eigenvalue weighted by Crippen LogP contribution is 2.66. The second-order valence-corrected chi connectivity index (χ2v) is 16.3. The molecule has 4 heterocycles. The van der Waals surface area contributed by atoms with E-state index < -0.39 is 0 Å². The van der Waals surface area contributed by atoms with Crippen LogP contribution in [0.5, 0.6) is 0 Å². The Bertz CT molecular complexity index is 2020. The summed E-state index contributed by atoms with van der Waals surface area (Å²) >= 11 is 7.79. The molecule has 0 aromatic carbocycles. The summed E-state index contributed by atoms with van der Waals surface area (Å²) in [5, 5.41) is 18.9. The largest absolute Gasteiger partial charge is 0.265 e. The van der Waals surface area contributed by atoms with E-state index in [-0.39, 0.29) is 16.8 Å². The highest BCUT2D eigenvalue weighted by molar-refractivity contribution is 7.35. The van der Waals surface area contributed by atoms with Crippen LogP contribution < -0.4 is 0 Å². The zero-order chi connectivity index (χ0) is 30.0. The lowest BCUT2D eigenvalue weighted by molar-refractivity contribution is 0.358. The van der Waals surface area contributed by atoms with Crippen LogP contribution in [0, 0.1) is 35.8 Å². The van der Waals surface area contributed by atoms with Gasteiger partial charge in [0.25, 0.3) is 11.4 Å². The highest BCUT2D eigenvalue weighted by Gasteiger charge is 2.49. The molecule has 1 fully saturated rings. The van der Waals surface area contributed by atoms with E-state index in [2.05, 4.69) is 46.1 Å². The molecule has 4 aromatic rings. The summed E-state index contributed by atoms with van der Waals surface area (Å²) in [5.41, 5.74) is 8.02. The van der Waals surface area contributed by atoms with Crippen molar-refractivity contribution >= 4 is 75.3 Å². The number of nitriles is 2. The van der Waals surface area contributed by atoms with Crippen LogP contribution in [0.1, 0.15) is 91.5 Å². The quantitative estimate of drug-likeness (QED) is 0.161. The van der Waals surface area contributed by atoms with Crippen molar-refractivity contribution in [2.75, 3.05) is 0 Å². The fourth-order valence-corrected chi connectivity index (χ4v) is 13.7. The molecule has 0 atom stereocenters. The van der Waals surface area contributed by atoms with E-state index in [4.69, 9.17) is 13.1 Å². The Kier molecular flexibility index (Phi) is 6.75. The molecule has 4 aliphatic rings. The zero-order valence-corrected chi connectivity index (χ0v) is 27.3. The average molecular weight is 643 g/mol. The Labute approximate surface area is 272 Å². The van der Waals surface area contributed by atoms with Gasteiger partial charge in [-0.05, 0) is 85.8 Å². The van der Waals surface area contributed by atoms with Crippen LogP contribution in [0.3, 0.4) is 0 Å². The highest BCUT2D eigenvalue weighted by atomic mass is 32.1. The van der Waals surface area contributed by atoms with Gasteiger partial charge in [0.05, 0.1) is 44.4 Å².